The maximum Gasteiger partial charge on any atom is 0.128 e. The predicted octanol–water partition coefficient (Wildman–Crippen LogP) is 7.26. The number of aryl methyl sites for hydroxylation is 4. The quantitative estimate of drug-likeness (QED) is 0.329. The van der Waals surface area contributed by atoms with E-state index in [2.05, 4.69) is 79.7 Å². The summed E-state index contributed by atoms with van der Waals surface area (Å²) in [5.74, 6) is 0.385. The highest BCUT2D eigenvalue weighted by Gasteiger charge is 2.21. The molecule has 0 fully saturated rings. The number of nitrogens with zero attached hydrogens (tertiary/aromatic N) is 1. The van der Waals surface area contributed by atoms with E-state index in [0.717, 1.165) is 54.5 Å². The van der Waals surface area contributed by atoms with Crippen molar-refractivity contribution in [3.8, 4) is 5.75 Å². The van der Waals surface area contributed by atoms with Gasteiger partial charge in [0.1, 0.15) is 5.75 Å². The Balaban J connectivity index is 1.64. The van der Waals surface area contributed by atoms with Crippen molar-refractivity contribution < 1.29 is 5.11 Å². The molecule has 2 nitrogen and oxygen atoms in total. The third-order valence-corrected chi connectivity index (χ3v) is 6.85. The third-order valence-electron chi connectivity index (χ3n) is 6.85. The van der Waals surface area contributed by atoms with Gasteiger partial charge in [-0.3, -0.25) is 4.99 Å². The van der Waals surface area contributed by atoms with E-state index in [1.54, 1.807) is 0 Å². The lowest BCUT2D eigenvalue weighted by Gasteiger charge is -2.19. The van der Waals surface area contributed by atoms with Crippen LogP contribution in [0.3, 0.4) is 0 Å². The monoisotopic (exact) mass is 445 g/mol. The summed E-state index contributed by atoms with van der Waals surface area (Å²) in [6.45, 7) is 2.13. The van der Waals surface area contributed by atoms with Crippen molar-refractivity contribution in [2.75, 3.05) is 0 Å². The minimum atomic E-state index is -0.0234. The SMILES string of the molecule is C[C@H](N=C(c1ccccc1)c1c2ccc(c1O)CCc1ccc(cc1)CCC2)c1ccccc1. The summed E-state index contributed by atoms with van der Waals surface area (Å²) in [7, 11) is 0. The zero-order valence-corrected chi connectivity index (χ0v) is 19.7. The fourth-order valence-corrected chi connectivity index (χ4v) is 4.86. The summed E-state index contributed by atoms with van der Waals surface area (Å²) < 4.78 is 0. The van der Waals surface area contributed by atoms with E-state index >= 15 is 0 Å². The van der Waals surface area contributed by atoms with Crippen LogP contribution in [0.2, 0.25) is 0 Å². The van der Waals surface area contributed by atoms with Crippen molar-refractivity contribution in [3.05, 3.63) is 136 Å². The zero-order valence-electron chi connectivity index (χ0n) is 19.7. The van der Waals surface area contributed by atoms with Crippen molar-refractivity contribution in [1.82, 2.24) is 0 Å². The van der Waals surface area contributed by atoms with Gasteiger partial charge in [-0.15, -0.1) is 0 Å². The Morgan fingerprint density at radius 3 is 2.00 bits per heavy atom. The van der Waals surface area contributed by atoms with Crippen molar-refractivity contribution in [2.45, 2.75) is 45.1 Å². The molecule has 4 aliphatic rings. The molecule has 1 N–H and O–H groups in total. The van der Waals surface area contributed by atoms with Gasteiger partial charge in [0.05, 0.1) is 11.8 Å². The van der Waals surface area contributed by atoms with Gasteiger partial charge >= 0.3 is 0 Å². The van der Waals surface area contributed by atoms with E-state index < -0.39 is 0 Å². The molecule has 4 bridgehead atoms. The van der Waals surface area contributed by atoms with Crippen LogP contribution < -0.4 is 0 Å². The van der Waals surface area contributed by atoms with E-state index in [-0.39, 0.29) is 6.04 Å². The van der Waals surface area contributed by atoms with Gasteiger partial charge in [0, 0.05) is 11.1 Å². The first-order valence-electron chi connectivity index (χ1n) is 12.3. The molecule has 0 radical (unpaired) electrons. The van der Waals surface area contributed by atoms with Crippen LogP contribution in [0.1, 0.15) is 58.3 Å². The van der Waals surface area contributed by atoms with E-state index in [0.29, 0.717) is 5.75 Å². The van der Waals surface area contributed by atoms with Crippen LogP contribution in [0.4, 0.5) is 0 Å². The average molecular weight is 446 g/mol. The molecule has 8 rings (SSSR count). The Kier molecular flexibility index (Phi) is 6.58. The van der Waals surface area contributed by atoms with Crippen LogP contribution in [0, 0.1) is 0 Å². The molecular formula is C32H31NO. The Morgan fingerprint density at radius 2 is 1.29 bits per heavy atom. The molecule has 0 spiro atoms. The normalized spacial score (nSPS) is 14.8. The lowest BCUT2D eigenvalue weighted by Crippen LogP contribution is -2.11. The molecule has 4 aliphatic carbocycles. The molecule has 0 unspecified atom stereocenters. The van der Waals surface area contributed by atoms with E-state index in [4.69, 9.17) is 4.99 Å². The van der Waals surface area contributed by atoms with Gasteiger partial charge in [0.15, 0.2) is 0 Å². The molecule has 4 aromatic rings. The fraction of sp³-hybridized carbons (Fsp3) is 0.219. The summed E-state index contributed by atoms with van der Waals surface area (Å²) >= 11 is 0. The molecule has 0 amide bonds. The molecule has 0 saturated carbocycles. The van der Waals surface area contributed by atoms with Crippen LogP contribution in [-0.4, -0.2) is 10.8 Å². The van der Waals surface area contributed by atoms with Crippen LogP contribution in [0.25, 0.3) is 0 Å². The summed E-state index contributed by atoms with van der Waals surface area (Å²) in [6.07, 6.45) is 4.66. The van der Waals surface area contributed by atoms with Crippen LogP contribution in [-0.2, 0) is 25.7 Å². The van der Waals surface area contributed by atoms with E-state index in [9.17, 15) is 5.11 Å². The molecule has 1 atom stereocenters. The van der Waals surface area contributed by atoms with Crippen molar-refractivity contribution in [1.29, 1.82) is 0 Å². The molecule has 0 heterocycles. The molecule has 0 saturated heterocycles. The highest BCUT2D eigenvalue weighted by atomic mass is 16.3. The van der Waals surface area contributed by atoms with Crippen LogP contribution in [0.5, 0.6) is 5.75 Å². The van der Waals surface area contributed by atoms with Crippen LogP contribution >= 0.6 is 0 Å². The van der Waals surface area contributed by atoms with Gasteiger partial charge in [-0.2, -0.15) is 0 Å². The maximum atomic E-state index is 11.6. The number of aromatic hydroxyl groups is 1. The number of phenolic OH excluding ortho intramolecular Hbond substituents is 1. The smallest absolute Gasteiger partial charge is 0.128 e. The Hall–Kier alpha value is -3.65. The zero-order chi connectivity index (χ0) is 23.3. The number of hydrogen-bond acceptors (Lipinski definition) is 2. The Morgan fingerprint density at radius 1 is 0.676 bits per heavy atom. The second-order valence-corrected chi connectivity index (χ2v) is 9.21. The molecule has 34 heavy (non-hydrogen) atoms. The first kappa shape index (κ1) is 22.2. The van der Waals surface area contributed by atoms with Crippen molar-refractivity contribution >= 4 is 5.71 Å². The van der Waals surface area contributed by atoms with Gasteiger partial charge in [0.25, 0.3) is 0 Å². The first-order chi connectivity index (χ1) is 16.7. The Labute approximate surface area is 202 Å². The molecule has 170 valence electrons. The summed E-state index contributed by atoms with van der Waals surface area (Å²) in [6, 6.07) is 34.0. The summed E-state index contributed by atoms with van der Waals surface area (Å²) in [5, 5.41) is 11.6. The van der Waals surface area contributed by atoms with Gasteiger partial charge < -0.3 is 5.11 Å². The van der Waals surface area contributed by atoms with Gasteiger partial charge in [-0.1, -0.05) is 97.1 Å². The van der Waals surface area contributed by atoms with E-state index in [1.807, 2.05) is 24.3 Å². The minimum Gasteiger partial charge on any atom is -0.507 e. The molecule has 0 aromatic heterocycles. The van der Waals surface area contributed by atoms with E-state index in [1.165, 1.54) is 22.3 Å². The highest BCUT2D eigenvalue weighted by molar-refractivity contribution is 6.15. The number of benzene rings is 4. The predicted molar refractivity (Wildman–Crippen MR) is 141 cm³/mol. The average Bonchev–Trinajstić information content (AvgIpc) is 2.92. The highest BCUT2D eigenvalue weighted by Crippen LogP contribution is 2.33. The lowest BCUT2D eigenvalue weighted by molar-refractivity contribution is 0.465. The van der Waals surface area contributed by atoms with Crippen molar-refractivity contribution in [2.24, 2.45) is 4.99 Å². The second-order valence-electron chi connectivity index (χ2n) is 9.21. The van der Waals surface area contributed by atoms with Gasteiger partial charge in [-0.25, -0.2) is 0 Å². The Bertz CT molecular complexity index is 1270. The van der Waals surface area contributed by atoms with Gasteiger partial charge in [-0.05, 0) is 66.8 Å². The van der Waals surface area contributed by atoms with Crippen LogP contribution in [0.15, 0.2) is 102 Å². The van der Waals surface area contributed by atoms with Crippen molar-refractivity contribution in [3.63, 3.8) is 0 Å². The molecule has 4 aromatic carbocycles. The number of rotatable bonds is 4. The number of hydrogen-bond donors (Lipinski definition) is 1. The standard InChI is InChI=1S/C32H31NO/c1-23(26-10-4-2-5-11-26)33-31(28-12-6-3-7-13-28)30-27-14-8-9-24-15-17-25(18-16-24)19-20-29(22-21-27)32(30)34/h2-7,10-13,15-18,21-23,34H,8-9,14,19-20H2,1H3/t23-/m0/s1. The maximum absolute atomic E-state index is 11.6. The summed E-state index contributed by atoms with van der Waals surface area (Å²) in [5.41, 5.74) is 8.81. The second kappa shape index (κ2) is 10.1. The number of phenols is 1. The fourth-order valence-electron chi connectivity index (χ4n) is 4.86. The number of aliphatic imine (C=N–C) groups is 1. The first-order valence-corrected chi connectivity index (χ1v) is 12.3. The van der Waals surface area contributed by atoms with Gasteiger partial charge in [0.2, 0.25) is 0 Å². The topological polar surface area (TPSA) is 32.6 Å². The minimum absolute atomic E-state index is 0.0234. The largest absolute Gasteiger partial charge is 0.507 e. The third kappa shape index (κ3) is 4.82. The lowest BCUT2D eigenvalue weighted by atomic mass is 9.90. The molecule has 2 heteroatoms. The molecule has 0 aliphatic heterocycles. The summed E-state index contributed by atoms with van der Waals surface area (Å²) in [4.78, 5) is 5.23. The molecular weight excluding hydrogens is 414 g/mol.